The van der Waals surface area contributed by atoms with E-state index in [4.69, 9.17) is 9.05 Å². The van der Waals surface area contributed by atoms with Gasteiger partial charge >= 0.3 is 7.58 Å². The number of hydrogen-bond acceptors (Lipinski definition) is 3. The van der Waals surface area contributed by atoms with Gasteiger partial charge in [-0.05, 0) is 61.6 Å². The van der Waals surface area contributed by atoms with Crippen molar-refractivity contribution in [1.29, 1.82) is 0 Å². The Morgan fingerprint density at radius 1 is 0.625 bits per heavy atom. The zero-order chi connectivity index (χ0) is 16.8. The molecule has 0 unspecified atom stereocenters. The molecule has 0 N–H and O–H groups in total. The first-order valence-corrected chi connectivity index (χ1v) is 10.3. The third-order valence-electron chi connectivity index (χ3n) is 3.33. The normalized spacial score (nSPS) is 10.6. The summed E-state index contributed by atoms with van der Waals surface area (Å²) < 4.78 is 12.2. The molecule has 0 bridgehead atoms. The molecule has 0 radical (unpaired) electrons. The fraction of sp³-hybridized carbons (Fsp3) is 0.100. The highest BCUT2D eigenvalue weighted by atomic mass is 32.7. The quantitative estimate of drug-likeness (QED) is 0.455. The van der Waals surface area contributed by atoms with Crippen LogP contribution in [0.2, 0.25) is 0 Å². The summed E-state index contributed by atoms with van der Waals surface area (Å²) in [5, 5.41) is 0. The van der Waals surface area contributed by atoms with Crippen LogP contribution >= 0.6 is 19.0 Å². The van der Waals surface area contributed by atoms with Gasteiger partial charge in [0.15, 0.2) is 0 Å². The molecule has 0 amide bonds. The first-order chi connectivity index (χ1) is 11.7. The Morgan fingerprint density at radius 3 is 1.54 bits per heavy atom. The van der Waals surface area contributed by atoms with E-state index in [-0.39, 0.29) is 0 Å². The molecule has 0 atom stereocenters. The van der Waals surface area contributed by atoms with Crippen LogP contribution in [0.25, 0.3) is 0 Å². The van der Waals surface area contributed by atoms with Crippen LogP contribution in [0, 0.1) is 13.8 Å². The van der Waals surface area contributed by atoms with Crippen LogP contribution in [0.15, 0.2) is 83.8 Å². The van der Waals surface area contributed by atoms with Gasteiger partial charge in [-0.25, -0.2) is 0 Å². The maximum absolute atomic E-state index is 6.11. The largest absolute Gasteiger partial charge is 0.431 e. The van der Waals surface area contributed by atoms with E-state index in [1.165, 1.54) is 11.1 Å². The standard InChI is InChI=1S/C20H19O2PS/c1-16-8-12-18(13-9-16)21-23(24-20-6-4-3-5-7-20)22-19-14-10-17(2)11-15-19/h3-15H,1-2H3. The molecule has 0 aliphatic carbocycles. The Morgan fingerprint density at radius 2 is 1.08 bits per heavy atom. The summed E-state index contributed by atoms with van der Waals surface area (Å²) in [6.45, 7) is 4.13. The molecule has 0 saturated carbocycles. The van der Waals surface area contributed by atoms with Gasteiger partial charge in [0.05, 0.1) is 0 Å². The lowest BCUT2D eigenvalue weighted by molar-refractivity contribution is 0.509. The van der Waals surface area contributed by atoms with Crippen molar-refractivity contribution in [2.45, 2.75) is 18.7 Å². The van der Waals surface area contributed by atoms with Gasteiger partial charge in [-0.1, -0.05) is 53.6 Å². The van der Waals surface area contributed by atoms with Gasteiger partial charge in [0, 0.05) is 4.90 Å². The van der Waals surface area contributed by atoms with Crippen LogP contribution in [-0.2, 0) is 0 Å². The lowest BCUT2D eigenvalue weighted by atomic mass is 10.2. The highest BCUT2D eigenvalue weighted by molar-refractivity contribution is 8.53. The van der Waals surface area contributed by atoms with Crippen molar-refractivity contribution in [1.82, 2.24) is 0 Å². The van der Waals surface area contributed by atoms with Crippen LogP contribution in [-0.4, -0.2) is 0 Å². The summed E-state index contributed by atoms with van der Waals surface area (Å²) in [6, 6.07) is 26.3. The molecular weight excluding hydrogens is 335 g/mol. The van der Waals surface area contributed by atoms with Gasteiger partial charge < -0.3 is 9.05 Å². The highest BCUT2D eigenvalue weighted by Crippen LogP contribution is 2.55. The monoisotopic (exact) mass is 354 g/mol. The number of rotatable bonds is 6. The molecule has 24 heavy (non-hydrogen) atoms. The Balaban J connectivity index is 1.76. The second-order valence-electron chi connectivity index (χ2n) is 5.44. The molecule has 0 heterocycles. The molecule has 0 saturated heterocycles. The van der Waals surface area contributed by atoms with Crippen molar-refractivity contribution in [2.24, 2.45) is 0 Å². The van der Waals surface area contributed by atoms with Crippen molar-refractivity contribution in [2.75, 3.05) is 0 Å². The molecular formula is C20H19O2PS. The van der Waals surface area contributed by atoms with Crippen LogP contribution in [0.1, 0.15) is 11.1 Å². The summed E-state index contributed by atoms with van der Waals surface area (Å²) in [5.41, 5.74) is 2.42. The van der Waals surface area contributed by atoms with E-state index in [9.17, 15) is 0 Å². The number of hydrogen-bond donors (Lipinski definition) is 0. The predicted molar refractivity (Wildman–Crippen MR) is 103 cm³/mol. The van der Waals surface area contributed by atoms with Gasteiger partial charge in [0.1, 0.15) is 11.5 Å². The van der Waals surface area contributed by atoms with Gasteiger partial charge in [0.25, 0.3) is 0 Å². The fourth-order valence-electron chi connectivity index (χ4n) is 1.99. The second-order valence-corrected chi connectivity index (χ2v) is 8.35. The van der Waals surface area contributed by atoms with Crippen LogP contribution in [0.4, 0.5) is 0 Å². The van der Waals surface area contributed by atoms with Gasteiger partial charge in [0.2, 0.25) is 0 Å². The maximum atomic E-state index is 6.11. The third kappa shape index (κ3) is 5.02. The van der Waals surface area contributed by atoms with E-state index in [1.807, 2.05) is 66.7 Å². The summed E-state index contributed by atoms with van der Waals surface area (Å²) in [6.07, 6.45) is 0. The molecule has 3 rings (SSSR count). The fourth-order valence-corrected chi connectivity index (χ4v) is 4.77. The maximum Gasteiger partial charge on any atom is 0.365 e. The lowest BCUT2D eigenvalue weighted by Gasteiger charge is -2.18. The van der Waals surface area contributed by atoms with E-state index in [2.05, 4.69) is 26.0 Å². The summed E-state index contributed by atoms with van der Waals surface area (Å²) >= 11 is 1.61. The molecule has 3 aromatic carbocycles. The van der Waals surface area contributed by atoms with E-state index in [0.29, 0.717) is 0 Å². The van der Waals surface area contributed by atoms with Crippen molar-refractivity contribution in [3.63, 3.8) is 0 Å². The van der Waals surface area contributed by atoms with Gasteiger partial charge in [-0.15, -0.1) is 0 Å². The molecule has 0 aliphatic heterocycles. The average molecular weight is 354 g/mol. The zero-order valence-corrected chi connectivity index (χ0v) is 15.4. The molecule has 0 spiro atoms. The molecule has 0 fully saturated rings. The summed E-state index contributed by atoms with van der Waals surface area (Å²) in [5.74, 6) is 1.64. The molecule has 4 heteroatoms. The topological polar surface area (TPSA) is 18.5 Å². The van der Waals surface area contributed by atoms with Gasteiger partial charge in [-0.3, -0.25) is 0 Å². The minimum Gasteiger partial charge on any atom is -0.431 e. The minimum atomic E-state index is -1.19. The number of aryl methyl sites for hydroxylation is 2. The zero-order valence-electron chi connectivity index (χ0n) is 13.7. The van der Waals surface area contributed by atoms with E-state index >= 15 is 0 Å². The Bertz CT molecular complexity index is 710. The lowest BCUT2D eigenvalue weighted by Crippen LogP contribution is -1.93. The van der Waals surface area contributed by atoms with Crippen molar-refractivity contribution in [3.8, 4) is 11.5 Å². The summed E-state index contributed by atoms with van der Waals surface area (Å²) in [4.78, 5) is 1.13. The van der Waals surface area contributed by atoms with Crippen LogP contribution in [0.5, 0.6) is 11.5 Å². The third-order valence-corrected chi connectivity index (χ3v) is 6.20. The first-order valence-electron chi connectivity index (χ1n) is 7.71. The molecule has 0 aliphatic rings. The van der Waals surface area contributed by atoms with Crippen molar-refractivity contribution >= 4 is 19.0 Å². The van der Waals surface area contributed by atoms with Crippen LogP contribution in [0.3, 0.4) is 0 Å². The van der Waals surface area contributed by atoms with E-state index in [1.54, 1.807) is 11.4 Å². The van der Waals surface area contributed by atoms with Crippen LogP contribution < -0.4 is 9.05 Å². The molecule has 3 aromatic rings. The predicted octanol–water partition coefficient (Wildman–Crippen LogP) is 6.78. The SMILES string of the molecule is Cc1ccc(OP(Oc2ccc(C)cc2)Sc2ccccc2)cc1. The van der Waals surface area contributed by atoms with Crippen molar-refractivity contribution in [3.05, 3.63) is 90.0 Å². The van der Waals surface area contributed by atoms with Gasteiger partial charge in [-0.2, -0.15) is 0 Å². The molecule has 122 valence electrons. The smallest absolute Gasteiger partial charge is 0.365 e. The van der Waals surface area contributed by atoms with Crippen molar-refractivity contribution < 1.29 is 9.05 Å². The highest BCUT2D eigenvalue weighted by Gasteiger charge is 2.17. The first kappa shape index (κ1) is 16.9. The second kappa shape index (κ2) is 8.23. The Labute approximate surface area is 148 Å². The van der Waals surface area contributed by atoms with E-state index < -0.39 is 7.58 Å². The molecule has 0 aromatic heterocycles. The van der Waals surface area contributed by atoms with E-state index in [0.717, 1.165) is 16.4 Å². The minimum absolute atomic E-state index is 0.822. The Kier molecular flexibility index (Phi) is 5.79. The molecule has 2 nitrogen and oxygen atoms in total. The average Bonchev–Trinajstić information content (AvgIpc) is 2.60. The summed E-state index contributed by atoms with van der Waals surface area (Å²) in [7, 11) is -1.19. The Hall–Kier alpha value is -1.96. The number of benzene rings is 3.